The van der Waals surface area contributed by atoms with E-state index < -0.39 is 0 Å². The molecule has 2 rings (SSSR count). The number of carbonyl (C=O) groups excluding carboxylic acids is 1. The maximum absolute atomic E-state index is 11.5. The van der Waals surface area contributed by atoms with Crippen molar-refractivity contribution in [2.75, 3.05) is 18.6 Å². The number of hydrogen-bond acceptors (Lipinski definition) is 4. The van der Waals surface area contributed by atoms with Crippen LogP contribution in [-0.2, 0) is 4.74 Å². The van der Waals surface area contributed by atoms with Crippen LogP contribution in [0, 0.1) is 5.92 Å². The average Bonchev–Trinajstić information content (AvgIpc) is 2.87. The Labute approximate surface area is 108 Å². The Morgan fingerprint density at radius 3 is 3.00 bits per heavy atom. The molecule has 0 aromatic carbocycles. The standard InChI is InChI=1S/C14H20N2O2/c1-10(2)12-5-4-8-16(12)13-9-11(6-7-15-13)14(17)18-3/h6-7,9-10,12H,4-5,8H2,1-3H3. The number of anilines is 1. The van der Waals surface area contributed by atoms with Crippen LogP contribution in [0.1, 0.15) is 37.0 Å². The lowest BCUT2D eigenvalue weighted by atomic mass is 10.0. The molecule has 0 saturated carbocycles. The van der Waals surface area contributed by atoms with Crippen LogP contribution >= 0.6 is 0 Å². The monoisotopic (exact) mass is 248 g/mol. The molecule has 2 heterocycles. The highest BCUT2D eigenvalue weighted by molar-refractivity contribution is 5.90. The number of aromatic nitrogens is 1. The zero-order valence-corrected chi connectivity index (χ0v) is 11.2. The van der Waals surface area contributed by atoms with E-state index in [1.807, 2.05) is 6.07 Å². The summed E-state index contributed by atoms with van der Waals surface area (Å²) in [5.74, 6) is 1.17. The summed E-state index contributed by atoms with van der Waals surface area (Å²) in [6, 6.07) is 4.04. The summed E-state index contributed by atoms with van der Waals surface area (Å²) in [5, 5.41) is 0. The second-order valence-electron chi connectivity index (χ2n) is 5.04. The van der Waals surface area contributed by atoms with E-state index in [9.17, 15) is 4.79 Å². The van der Waals surface area contributed by atoms with Gasteiger partial charge in [0, 0.05) is 18.8 Å². The highest BCUT2D eigenvalue weighted by atomic mass is 16.5. The highest BCUT2D eigenvalue weighted by Gasteiger charge is 2.28. The van der Waals surface area contributed by atoms with Gasteiger partial charge in [0.05, 0.1) is 12.7 Å². The van der Waals surface area contributed by atoms with Crippen LogP contribution in [0.2, 0.25) is 0 Å². The summed E-state index contributed by atoms with van der Waals surface area (Å²) >= 11 is 0. The van der Waals surface area contributed by atoms with E-state index in [1.54, 1.807) is 12.3 Å². The number of carbonyl (C=O) groups is 1. The highest BCUT2D eigenvalue weighted by Crippen LogP contribution is 2.28. The lowest BCUT2D eigenvalue weighted by Crippen LogP contribution is -2.34. The second-order valence-corrected chi connectivity index (χ2v) is 5.04. The van der Waals surface area contributed by atoms with E-state index in [2.05, 4.69) is 23.7 Å². The fourth-order valence-corrected chi connectivity index (χ4v) is 2.59. The SMILES string of the molecule is COC(=O)c1ccnc(N2CCCC2C(C)C)c1. The van der Waals surface area contributed by atoms with Gasteiger partial charge in [-0.2, -0.15) is 0 Å². The van der Waals surface area contributed by atoms with Crippen LogP contribution in [0.4, 0.5) is 5.82 Å². The molecule has 0 radical (unpaired) electrons. The third kappa shape index (κ3) is 2.47. The number of nitrogens with zero attached hydrogens (tertiary/aromatic N) is 2. The Morgan fingerprint density at radius 2 is 2.33 bits per heavy atom. The smallest absolute Gasteiger partial charge is 0.338 e. The van der Waals surface area contributed by atoms with Crippen LogP contribution in [0.5, 0.6) is 0 Å². The Kier molecular flexibility index (Phi) is 3.84. The molecule has 0 spiro atoms. The molecule has 1 atom stereocenters. The molecule has 1 aliphatic rings. The molecule has 0 bridgehead atoms. The van der Waals surface area contributed by atoms with E-state index in [1.165, 1.54) is 20.0 Å². The van der Waals surface area contributed by atoms with Gasteiger partial charge in [0.15, 0.2) is 0 Å². The molecular formula is C14H20N2O2. The molecule has 0 aliphatic carbocycles. The average molecular weight is 248 g/mol. The lowest BCUT2D eigenvalue weighted by molar-refractivity contribution is 0.0600. The van der Waals surface area contributed by atoms with Crippen molar-refractivity contribution in [1.29, 1.82) is 0 Å². The van der Waals surface area contributed by atoms with E-state index in [0.717, 1.165) is 12.4 Å². The van der Waals surface area contributed by atoms with Crippen molar-refractivity contribution in [3.8, 4) is 0 Å². The molecule has 1 fully saturated rings. The van der Waals surface area contributed by atoms with Crippen molar-refractivity contribution in [3.05, 3.63) is 23.9 Å². The summed E-state index contributed by atoms with van der Waals surface area (Å²) < 4.78 is 4.74. The van der Waals surface area contributed by atoms with Crippen LogP contribution in [0.25, 0.3) is 0 Å². The second kappa shape index (κ2) is 5.38. The Balaban J connectivity index is 2.25. The molecule has 0 N–H and O–H groups in total. The quantitative estimate of drug-likeness (QED) is 0.771. The first-order valence-electron chi connectivity index (χ1n) is 6.44. The minimum Gasteiger partial charge on any atom is -0.465 e. The zero-order valence-electron chi connectivity index (χ0n) is 11.2. The number of hydrogen-bond donors (Lipinski definition) is 0. The van der Waals surface area contributed by atoms with Gasteiger partial charge >= 0.3 is 5.97 Å². The first-order valence-corrected chi connectivity index (χ1v) is 6.44. The number of pyridine rings is 1. The predicted molar refractivity (Wildman–Crippen MR) is 70.8 cm³/mol. The number of methoxy groups -OCH3 is 1. The third-order valence-electron chi connectivity index (χ3n) is 3.53. The van der Waals surface area contributed by atoms with Gasteiger partial charge in [-0.1, -0.05) is 13.8 Å². The summed E-state index contributed by atoms with van der Waals surface area (Å²) in [6.07, 6.45) is 4.06. The number of ether oxygens (including phenoxy) is 1. The van der Waals surface area contributed by atoms with E-state index in [-0.39, 0.29) is 5.97 Å². The van der Waals surface area contributed by atoms with Gasteiger partial charge in [-0.3, -0.25) is 0 Å². The number of esters is 1. The molecule has 1 unspecified atom stereocenters. The van der Waals surface area contributed by atoms with Gasteiger partial charge in [-0.05, 0) is 30.9 Å². The fourth-order valence-electron chi connectivity index (χ4n) is 2.59. The third-order valence-corrected chi connectivity index (χ3v) is 3.53. The Bertz CT molecular complexity index is 432. The maximum Gasteiger partial charge on any atom is 0.338 e. The van der Waals surface area contributed by atoms with Gasteiger partial charge in [0.1, 0.15) is 5.82 Å². The van der Waals surface area contributed by atoms with E-state index >= 15 is 0 Å². The summed E-state index contributed by atoms with van der Waals surface area (Å²) in [5.41, 5.74) is 0.567. The normalized spacial score (nSPS) is 19.3. The summed E-state index contributed by atoms with van der Waals surface area (Å²) in [4.78, 5) is 18.2. The zero-order chi connectivity index (χ0) is 13.1. The van der Waals surface area contributed by atoms with Crippen LogP contribution < -0.4 is 4.90 Å². The van der Waals surface area contributed by atoms with E-state index in [0.29, 0.717) is 17.5 Å². The number of rotatable bonds is 3. The van der Waals surface area contributed by atoms with Crippen molar-refractivity contribution in [1.82, 2.24) is 4.98 Å². The van der Waals surface area contributed by atoms with Gasteiger partial charge < -0.3 is 9.64 Å². The molecule has 98 valence electrons. The molecule has 1 aliphatic heterocycles. The Morgan fingerprint density at radius 1 is 1.56 bits per heavy atom. The molecule has 1 saturated heterocycles. The largest absolute Gasteiger partial charge is 0.465 e. The molecule has 0 amide bonds. The molecule has 1 aromatic heterocycles. The molecule has 18 heavy (non-hydrogen) atoms. The topological polar surface area (TPSA) is 42.4 Å². The first-order chi connectivity index (χ1) is 8.63. The van der Waals surface area contributed by atoms with Crippen LogP contribution in [0.15, 0.2) is 18.3 Å². The van der Waals surface area contributed by atoms with Gasteiger partial charge in [0.25, 0.3) is 0 Å². The predicted octanol–water partition coefficient (Wildman–Crippen LogP) is 2.49. The van der Waals surface area contributed by atoms with Gasteiger partial charge in [-0.25, -0.2) is 9.78 Å². The molecule has 1 aromatic rings. The first kappa shape index (κ1) is 12.9. The van der Waals surface area contributed by atoms with Crippen molar-refractivity contribution in [3.63, 3.8) is 0 Å². The Hall–Kier alpha value is -1.58. The van der Waals surface area contributed by atoms with Gasteiger partial charge in [0.2, 0.25) is 0 Å². The minimum atomic E-state index is -0.307. The van der Waals surface area contributed by atoms with Crippen molar-refractivity contribution >= 4 is 11.8 Å². The van der Waals surface area contributed by atoms with Crippen molar-refractivity contribution in [2.24, 2.45) is 5.92 Å². The van der Waals surface area contributed by atoms with Crippen LogP contribution in [-0.4, -0.2) is 30.6 Å². The maximum atomic E-state index is 11.5. The fraction of sp³-hybridized carbons (Fsp3) is 0.571. The summed E-state index contributed by atoms with van der Waals surface area (Å²) in [7, 11) is 1.40. The lowest BCUT2D eigenvalue weighted by Gasteiger charge is -2.28. The molecule has 4 heteroatoms. The van der Waals surface area contributed by atoms with Gasteiger partial charge in [-0.15, -0.1) is 0 Å². The van der Waals surface area contributed by atoms with E-state index in [4.69, 9.17) is 4.74 Å². The van der Waals surface area contributed by atoms with Crippen molar-refractivity contribution < 1.29 is 9.53 Å². The summed E-state index contributed by atoms with van der Waals surface area (Å²) in [6.45, 7) is 5.47. The van der Waals surface area contributed by atoms with Crippen molar-refractivity contribution in [2.45, 2.75) is 32.7 Å². The molecule has 4 nitrogen and oxygen atoms in total. The minimum absolute atomic E-state index is 0.307. The molecular weight excluding hydrogens is 228 g/mol. The van der Waals surface area contributed by atoms with Crippen LogP contribution in [0.3, 0.4) is 0 Å².